The molecule has 316 valence electrons. The maximum Gasteiger partial charge on any atom is 0.306 e. The summed E-state index contributed by atoms with van der Waals surface area (Å²) in [6, 6.07) is 0. The van der Waals surface area contributed by atoms with Gasteiger partial charge in [0, 0.05) is 19.3 Å². The van der Waals surface area contributed by atoms with Crippen molar-refractivity contribution in [2.75, 3.05) is 13.2 Å². The summed E-state index contributed by atoms with van der Waals surface area (Å²) in [5, 5.41) is 0. The molecular formula is C48H88O6. The molecule has 6 heteroatoms. The summed E-state index contributed by atoms with van der Waals surface area (Å²) in [5.41, 5.74) is 0. The Morgan fingerprint density at radius 1 is 0.352 bits per heavy atom. The zero-order valence-corrected chi connectivity index (χ0v) is 36.0. The average molecular weight is 761 g/mol. The highest BCUT2D eigenvalue weighted by Crippen LogP contribution is 2.14. The summed E-state index contributed by atoms with van der Waals surface area (Å²) in [7, 11) is 0. The molecule has 0 N–H and O–H groups in total. The molecule has 0 aliphatic rings. The van der Waals surface area contributed by atoms with Crippen LogP contribution in [0, 0.1) is 0 Å². The van der Waals surface area contributed by atoms with Crippen molar-refractivity contribution >= 4 is 17.9 Å². The first-order valence-corrected chi connectivity index (χ1v) is 23.3. The van der Waals surface area contributed by atoms with Crippen molar-refractivity contribution in [3.63, 3.8) is 0 Å². The third-order valence-corrected chi connectivity index (χ3v) is 10.2. The van der Waals surface area contributed by atoms with Crippen molar-refractivity contribution in [3.05, 3.63) is 24.3 Å². The quantitative estimate of drug-likeness (QED) is 0.0267. The molecule has 0 aromatic rings. The maximum atomic E-state index is 12.6. The largest absolute Gasteiger partial charge is 0.462 e. The second-order valence-corrected chi connectivity index (χ2v) is 15.7. The molecule has 0 aromatic heterocycles. The van der Waals surface area contributed by atoms with Crippen LogP contribution in [0.1, 0.15) is 245 Å². The third kappa shape index (κ3) is 41.1. The second kappa shape index (κ2) is 43.6. The van der Waals surface area contributed by atoms with Gasteiger partial charge in [-0.25, -0.2) is 0 Å². The van der Waals surface area contributed by atoms with E-state index in [4.69, 9.17) is 14.2 Å². The topological polar surface area (TPSA) is 78.9 Å². The number of hydrogen-bond donors (Lipinski definition) is 0. The molecule has 0 saturated heterocycles. The van der Waals surface area contributed by atoms with Crippen LogP contribution in [0.15, 0.2) is 24.3 Å². The molecule has 0 aliphatic heterocycles. The summed E-state index contributed by atoms with van der Waals surface area (Å²) in [6.45, 7) is 6.52. The van der Waals surface area contributed by atoms with Crippen LogP contribution in [0.3, 0.4) is 0 Å². The van der Waals surface area contributed by atoms with E-state index in [9.17, 15) is 14.4 Å². The molecule has 0 rings (SSSR count). The molecule has 1 atom stereocenters. The highest BCUT2D eigenvalue weighted by molar-refractivity contribution is 5.71. The van der Waals surface area contributed by atoms with Gasteiger partial charge in [0.2, 0.25) is 0 Å². The molecule has 0 aliphatic carbocycles. The maximum absolute atomic E-state index is 12.6. The highest BCUT2D eigenvalue weighted by Gasteiger charge is 2.19. The van der Waals surface area contributed by atoms with Crippen molar-refractivity contribution in [3.8, 4) is 0 Å². The van der Waals surface area contributed by atoms with E-state index in [0.717, 1.165) is 77.0 Å². The molecule has 0 radical (unpaired) electrons. The lowest BCUT2D eigenvalue weighted by atomic mass is 10.1. The third-order valence-electron chi connectivity index (χ3n) is 10.2. The second-order valence-electron chi connectivity index (χ2n) is 15.7. The highest BCUT2D eigenvalue weighted by atomic mass is 16.6. The molecule has 0 bridgehead atoms. The van der Waals surface area contributed by atoms with Gasteiger partial charge in [0.05, 0.1) is 0 Å². The van der Waals surface area contributed by atoms with Crippen LogP contribution in [0.25, 0.3) is 0 Å². The first-order chi connectivity index (χ1) is 26.5. The van der Waals surface area contributed by atoms with Gasteiger partial charge >= 0.3 is 17.9 Å². The van der Waals surface area contributed by atoms with Crippen molar-refractivity contribution in [1.29, 1.82) is 0 Å². The van der Waals surface area contributed by atoms with E-state index in [1.165, 1.54) is 128 Å². The van der Waals surface area contributed by atoms with Gasteiger partial charge in [-0.2, -0.15) is 0 Å². The number of ether oxygens (including phenoxy) is 3. The Morgan fingerprint density at radius 3 is 1.00 bits per heavy atom. The number of rotatable bonds is 42. The number of unbranched alkanes of at least 4 members (excludes halogenated alkanes) is 27. The minimum Gasteiger partial charge on any atom is -0.462 e. The first-order valence-electron chi connectivity index (χ1n) is 23.3. The lowest BCUT2D eigenvalue weighted by molar-refractivity contribution is -0.167. The van der Waals surface area contributed by atoms with Gasteiger partial charge in [-0.05, 0) is 64.2 Å². The van der Waals surface area contributed by atoms with E-state index in [1.807, 2.05) is 0 Å². The fraction of sp³-hybridized carbons (Fsp3) is 0.854. The Labute approximate surface area is 334 Å². The summed E-state index contributed by atoms with van der Waals surface area (Å²) < 4.78 is 16.6. The Bertz CT molecular complexity index is 880. The lowest BCUT2D eigenvalue weighted by Crippen LogP contribution is -2.30. The number of esters is 3. The Kier molecular flexibility index (Phi) is 41.9. The molecule has 0 spiro atoms. The van der Waals surface area contributed by atoms with E-state index in [0.29, 0.717) is 19.3 Å². The zero-order chi connectivity index (χ0) is 39.4. The van der Waals surface area contributed by atoms with Gasteiger partial charge in [0.15, 0.2) is 6.10 Å². The van der Waals surface area contributed by atoms with E-state index in [2.05, 4.69) is 45.1 Å². The van der Waals surface area contributed by atoms with E-state index < -0.39 is 6.10 Å². The van der Waals surface area contributed by atoms with Gasteiger partial charge in [-0.3, -0.25) is 14.4 Å². The number of hydrogen-bond acceptors (Lipinski definition) is 6. The van der Waals surface area contributed by atoms with Gasteiger partial charge in [0.1, 0.15) is 13.2 Å². The van der Waals surface area contributed by atoms with Gasteiger partial charge < -0.3 is 14.2 Å². The molecule has 0 saturated carbocycles. The average Bonchev–Trinajstić information content (AvgIpc) is 3.17. The molecule has 0 aromatic carbocycles. The number of carbonyl (C=O) groups excluding carboxylic acids is 3. The molecule has 0 amide bonds. The minimum absolute atomic E-state index is 0.0736. The van der Waals surface area contributed by atoms with Crippen molar-refractivity contribution in [1.82, 2.24) is 0 Å². The normalized spacial score (nSPS) is 12.1. The van der Waals surface area contributed by atoms with Crippen LogP contribution in [0.2, 0.25) is 0 Å². The molecule has 0 heterocycles. The Morgan fingerprint density at radius 2 is 0.648 bits per heavy atom. The van der Waals surface area contributed by atoms with E-state index >= 15 is 0 Å². The zero-order valence-electron chi connectivity index (χ0n) is 36.0. The number of allylic oxidation sites excluding steroid dienone is 4. The molecular weight excluding hydrogens is 673 g/mol. The van der Waals surface area contributed by atoms with Crippen molar-refractivity contribution < 1.29 is 28.6 Å². The van der Waals surface area contributed by atoms with Crippen molar-refractivity contribution in [2.24, 2.45) is 0 Å². The lowest BCUT2D eigenvalue weighted by Gasteiger charge is -2.18. The predicted molar refractivity (Wildman–Crippen MR) is 229 cm³/mol. The summed E-state index contributed by atoms with van der Waals surface area (Å²) in [6.07, 6.45) is 47.5. The number of carbonyl (C=O) groups is 3. The molecule has 6 nitrogen and oxygen atoms in total. The standard InChI is InChI=1S/C48H88O6/c1-4-7-10-13-16-18-20-21-22-23-24-25-26-27-28-30-32-35-38-41-47(50)53-44-45(43-52-46(49)40-37-34-31-15-12-9-6-3)54-48(51)42-39-36-33-29-19-17-14-11-8-5-2/h11,14,21-22,45H,4-10,12-13,15-20,23-44H2,1-3H3/b14-11-,22-21-. The first kappa shape index (κ1) is 51.9. The summed E-state index contributed by atoms with van der Waals surface area (Å²) in [5.74, 6) is -0.889. The predicted octanol–water partition coefficient (Wildman–Crippen LogP) is 14.8. The van der Waals surface area contributed by atoms with Gasteiger partial charge in [-0.1, -0.05) is 186 Å². The Balaban J connectivity index is 4.19. The van der Waals surface area contributed by atoms with E-state index in [1.54, 1.807) is 0 Å². The van der Waals surface area contributed by atoms with Crippen LogP contribution in [0.4, 0.5) is 0 Å². The van der Waals surface area contributed by atoms with Gasteiger partial charge in [0.25, 0.3) is 0 Å². The van der Waals surface area contributed by atoms with Crippen LogP contribution >= 0.6 is 0 Å². The van der Waals surface area contributed by atoms with Crippen LogP contribution in [0.5, 0.6) is 0 Å². The minimum atomic E-state index is -0.768. The smallest absolute Gasteiger partial charge is 0.306 e. The fourth-order valence-electron chi connectivity index (χ4n) is 6.61. The fourth-order valence-corrected chi connectivity index (χ4v) is 6.61. The van der Waals surface area contributed by atoms with Crippen molar-refractivity contribution in [2.45, 2.75) is 252 Å². The molecule has 0 fully saturated rings. The Hall–Kier alpha value is -2.11. The van der Waals surface area contributed by atoms with Gasteiger partial charge in [-0.15, -0.1) is 0 Å². The SMILES string of the molecule is CCC/C=C\CCCCCCCC(=O)OC(COC(=O)CCCCCCCCC)COC(=O)CCCCCCCCCCC/C=C\CCCCCCCC. The van der Waals surface area contributed by atoms with Crippen LogP contribution in [-0.4, -0.2) is 37.2 Å². The summed E-state index contributed by atoms with van der Waals surface area (Å²) >= 11 is 0. The van der Waals surface area contributed by atoms with Crippen LogP contribution in [-0.2, 0) is 28.6 Å². The molecule has 54 heavy (non-hydrogen) atoms. The van der Waals surface area contributed by atoms with E-state index in [-0.39, 0.29) is 31.1 Å². The molecule has 1 unspecified atom stereocenters. The monoisotopic (exact) mass is 761 g/mol. The van der Waals surface area contributed by atoms with Crippen LogP contribution < -0.4 is 0 Å². The summed E-state index contributed by atoms with van der Waals surface area (Å²) in [4.78, 5) is 37.6.